The molecule has 16 heavy (non-hydrogen) atoms. The molecule has 0 aromatic heterocycles. The average molecular weight is 225 g/mol. The van der Waals surface area contributed by atoms with Crippen molar-refractivity contribution in [2.45, 2.75) is 44.2 Å². The van der Waals surface area contributed by atoms with Gasteiger partial charge in [-0.3, -0.25) is 0 Å². The Morgan fingerprint density at radius 1 is 1.12 bits per heavy atom. The molecule has 3 heteroatoms. The lowest BCUT2D eigenvalue weighted by molar-refractivity contribution is -0.246. The molecule has 0 aromatic carbocycles. The molecule has 0 radical (unpaired) electrons. The highest BCUT2D eigenvalue weighted by atomic mass is 16.6. The van der Waals surface area contributed by atoms with Gasteiger partial charge in [-0.25, -0.2) is 0 Å². The monoisotopic (exact) mass is 225 g/mol. The molecule has 92 valence electrons. The number of nitrogens with one attached hydrogen (secondary N) is 1. The molecule has 2 saturated heterocycles. The molecule has 0 aromatic rings. The second-order valence-electron chi connectivity index (χ2n) is 5.86. The molecule has 3 nitrogen and oxygen atoms in total. The van der Waals surface area contributed by atoms with Crippen LogP contribution in [0.15, 0.2) is 0 Å². The van der Waals surface area contributed by atoms with E-state index in [1.54, 1.807) is 0 Å². The molecular weight excluding hydrogens is 202 g/mol. The first-order valence-corrected chi connectivity index (χ1v) is 6.75. The summed E-state index contributed by atoms with van der Waals surface area (Å²) in [5.74, 6) is 1.73. The summed E-state index contributed by atoms with van der Waals surface area (Å²) in [6.45, 7) is 5.85. The minimum absolute atomic E-state index is 0.0312. The molecule has 2 heterocycles. The normalized spacial score (nSPS) is 42.9. The van der Waals surface area contributed by atoms with E-state index in [-0.39, 0.29) is 5.60 Å². The summed E-state index contributed by atoms with van der Waals surface area (Å²) in [5, 5.41) is 3.69. The largest absolute Gasteiger partial charge is 0.375 e. The SMILES string of the molecule is CC1CCC(C2NCCOC23COC3)CC1. The second kappa shape index (κ2) is 4.28. The number of hydrogen-bond acceptors (Lipinski definition) is 3. The molecule has 1 unspecified atom stereocenters. The molecule has 0 amide bonds. The minimum atomic E-state index is 0.0312. The van der Waals surface area contributed by atoms with Gasteiger partial charge in [0.25, 0.3) is 0 Å². The van der Waals surface area contributed by atoms with Crippen LogP contribution in [0.5, 0.6) is 0 Å². The van der Waals surface area contributed by atoms with E-state index in [2.05, 4.69) is 12.2 Å². The smallest absolute Gasteiger partial charge is 0.130 e. The van der Waals surface area contributed by atoms with E-state index in [1.807, 2.05) is 0 Å². The molecule has 1 aliphatic carbocycles. The third-order valence-corrected chi connectivity index (χ3v) is 4.65. The van der Waals surface area contributed by atoms with Crippen molar-refractivity contribution in [2.24, 2.45) is 11.8 Å². The van der Waals surface area contributed by atoms with E-state index < -0.39 is 0 Å². The first-order valence-electron chi connectivity index (χ1n) is 6.75. The Hall–Kier alpha value is -0.120. The van der Waals surface area contributed by atoms with Gasteiger partial charge in [0, 0.05) is 12.6 Å². The van der Waals surface area contributed by atoms with Crippen molar-refractivity contribution < 1.29 is 9.47 Å². The Kier molecular flexibility index (Phi) is 2.94. The maximum Gasteiger partial charge on any atom is 0.130 e. The maximum atomic E-state index is 6.01. The van der Waals surface area contributed by atoms with Crippen LogP contribution < -0.4 is 5.32 Å². The van der Waals surface area contributed by atoms with Gasteiger partial charge in [0.2, 0.25) is 0 Å². The molecular formula is C13H23NO2. The zero-order valence-electron chi connectivity index (χ0n) is 10.2. The van der Waals surface area contributed by atoms with Gasteiger partial charge in [-0.1, -0.05) is 19.8 Å². The minimum Gasteiger partial charge on any atom is -0.375 e. The number of rotatable bonds is 1. The van der Waals surface area contributed by atoms with Crippen molar-refractivity contribution in [1.82, 2.24) is 5.32 Å². The Labute approximate surface area is 97.9 Å². The lowest BCUT2D eigenvalue weighted by Crippen LogP contribution is -2.70. The third kappa shape index (κ3) is 1.79. The van der Waals surface area contributed by atoms with E-state index in [0.29, 0.717) is 6.04 Å². The summed E-state index contributed by atoms with van der Waals surface area (Å²) >= 11 is 0. The van der Waals surface area contributed by atoms with Crippen LogP contribution in [0.3, 0.4) is 0 Å². The van der Waals surface area contributed by atoms with Gasteiger partial charge in [-0.15, -0.1) is 0 Å². The highest BCUT2D eigenvalue weighted by molar-refractivity contribution is 5.04. The molecule has 1 N–H and O–H groups in total. The van der Waals surface area contributed by atoms with E-state index in [0.717, 1.165) is 38.2 Å². The summed E-state index contributed by atoms with van der Waals surface area (Å²) in [7, 11) is 0. The Bertz CT molecular complexity index is 244. The maximum absolute atomic E-state index is 6.01. The second-order valence-corrected chi connectivity index (χ2v) is 5.86. The molecule has 1 saturated carbocycles. The lowest BCUT2D eigenvalue weighted by atomic mass is 9.72. The lowest BCUT2D eigenvalue weighted by Gasteiger charge is -2.53. The van der Waals surface area contributed by atoms with E-state index in [4.69, 9.17) is 9.47 Å². The van der Waals surface area contributed by atoms with Gasteiger partial charge in [-0.2, -0.15) is 0 Å². The molecule has 0 bridgehead atoms. The molecule has 3 aliphatic rings. The van der Waals surface area contributed by atoms with Gasteiger partial charge in [0.05, 0.1) is 19.8 Å². The van der Waals surface area contributed by atoms with E-state index >= 15 is 0 Å². The Morgan fingerprint density at radius 3 is 2.50 bits per heavy atom. The van der Waals surface area contributed by atoms with Crippen LogP contribution in [0.25, 0.3) is 0 Å². The van der Waals surface area contributed by atoms with Gasteiger partial charge in [-0.05, 0) is 24.7 Å². The fraction of sp³-hybridized carbons (Fsp3) is 1.00. The van der Waals surface area contributed by atoms with Crippen molar-refractivity contribution in [1.29, 1.82) is 0 Å². The summed E-state index contributed by atoms with van der Waals surface area (Å²) < 4.78 is 11.4. The van der Waals surface area contributed by atoms with Crippen LogP contribution in [-0.2, 0) is 9.47 Å². The quantitative estimate of drug-likeness (QED) is 0.735. The zero-order valence-corrected chi connectivity index (χ0v) is 10.2. The molecule has 1 atom stereocenters. The fourth-order valence-electron chi connectivity index (χ4n) is 3.53. The first-order chi connectivity index (χ1) is 7.80. The predicted octanol–water partition coefficient (Wildman–Crippen LogP) is 1.57. The number of hydrogen-bond donors (Lipinski definition) is 1. The van der Waals surface area contributed by atoms with Crippen LogP contribution in [-0.4, -0.2) is 38.0 Å². The van der Waals surface area contributed by atoms with Crippen LogP contribution in [0, 0.1) is 11.8 Å². The zero-order chi connectivity index (χ0) is 11.0. The first kappa shape index (κ1) is 11.0. The predicted molar refractivity (Wildman–Crippen MR) is 62.4 cm³/mol. The highest BCUT2D eigenvalue weighted by Crippen LogP contribution is 2.39. The summed E-state index contributed by atoms with van der Waals surface area (Å²) in [6, 6.07) is 0.544. The van der Waals surface area contributed by atoms with Gasteiger partial charge >= 0.3 is 0 Å². The van der Waals surface area contributed by atoms with Crippen LogP contribution in [0.4, 0.5) is 0 Å². The van der Waals surface area contributed by atoms with Crippen molar-refractivity contribution >= 4 is 0 Å². The fourth-order valence-corrected chi connectivity index (χ4v) is 3.53. The summed E-state index contributed by atoms with van der Waals surface area (Å²) in [4.78, 5) is 0. The van der Waals surface area contributed by atoms with E-state index in [9.17, 15) is 0 Å². The molecule has 3 rings (SSSR count). The summed E-state index contributed by atoms with van der Waals surface area (Å²) in [6.07, 6.45) is 5.51. The topological polar surface area (TPSA) is 30.5 Å². The van der Waals surface area contributed by atoms with Gasteiger partial charge < -0.3 is 14.8 Å². The van der Waals surface area contributed by atoms with Crippen LogP contribution in [0.1, 0.15) is 32.6 Å². The van der Waals surface area contributed by atoms with Crippen molar-refractivity contribution in [3.8, 4) is 0 Å². The summed E-state index contributed by atoms with van der Waals surface area (Å²) in [5.41, 5.74) is 0.0312. The van der Waals surface area contributed by atoms with Gasteiger partial charge in [0.1, 0.15) is 5.60 Å². The van der Waals surface area contributed by atoms with Crippen molar-refractivity contribution in [3.63, 3.8) is 0 Å². The Morgan fingerprint density at radius 2 is 1.88 bits per heavy atom. The van der Waals surface area contributed by atoms with Crippen molar-refractivity contribution in [3.05, 3.63) is 0 Å². The number of ether oxygens (including phenoxy) is 2. The van der Waals surface area contributed by atoms with Crippen LogP contribution >= 0.6 is 0 Å². The Balaban J connectivity index is 1.67. The van der Waals surface area contributed by atoms with Crippen molar-refractivity contribution in [2.75, 3.05) is 26.4 Å². The molecule has 1 spiro atoms. The molecule has 2 aliphatic heterocycles. The molecule has 3 fully saturated rings. The highest BCUT2D eigenvalue weighted by Gasteiger charge is 2.51. The van der Waals surface area contributed by atoms with Gasteiger partial charge in [0.15, 0.2) is 0 Å². The number of morpholine rings is 1. The third-order valence-electron chi connectivity index (χ3n) is 4.65. The standard InChI is InChI=1S/C13H23NO2/c1-10-2-4-11(5-3-10)12-13(8-15-9-13)16-7-6-14-12/h10-12,14H,2-9H2,1H3. The van der Waals surface area contributed by atoms with E-state index in [1.165, 1.54) is 25.7 Å². The average Bonchev–Trinajstić information content (AvgIpc) is 2.28. The van der Waals surface area contributed by atoms with Crippen LogP contribution in [0.2, 0.25) is 0 Å².